The van der Waals surface area contributed by atoms with Gasteiger partial charge < -0.3 is 16.4 Å². The van der Waals surface area contributed by atoms with E-state index in [-0.39, 0.29) is 41.1 Å². The molecule has 0 spiro atoms. The Hall–Kier alpha value is -1.98. The van der Waals surface area contributed by atoms with E-state index < -0.39 is 0 Å². The third kappa shape index (κ3) is 15.5. The van der Waals surface area contributed by atoms with Crippen molar-refractivity contribution in [1.82, 2.24) is 10.6 Å². The highest BCUT2D eigenvalue weighted by Crippen LogP contribution is 2.28. The zero-order valence-corrected chi connectivity index (χ0v) is 39.8. The molecule has 0 saturated heterocycles. The molecule has 3 nitrogen and oxygen atoms in total. The Balaban J connectivity index is 0.000000825. The minimum absolute atomic E-state index is 0. The van der Waals surface area contributed by atoms with Crippen LogP contribution >= 0.6 is 62.0 Å². The van der Waals surface area contributed by atoms with Gasteiger partial charge in [-0.25, -0.2) is 0 Å². The van der Waals surface area contributed by atoms with Gasteiger partial charge in [0.2, 0.25) is 0 Å². The van der Waals surface area contributed by atoms with E-state index >= 15 is 0 Å². The zero-order valence-electron chi connectivity index (χ0n) is 33.9. The highest BCUT2D eigenvalue weighted by Gasteiger charge is 2.22. The van der Waals surface area contributed by atoms with Gasteiger partial charge in [-0.3, -0.25) is 0 Å². The van der Waals surface area contributed by atoms with E-state index in [1.54, 1.807) is 16.7 Å². The molecule has 0 unspecified atom stereocenters. The van der Waals surface area contributed by atoms with Gasteiger partial charge in [-0.15, -0.1) is 24.8 Å². The first-order chi connectivity index (χ1) is 26.2. The summed E-state index contributed by atoms with van der Waals surface area (Å²) < 4.78 is 0. The summed E-state index contributed by atoms with van der Waals surface area (Å²) in [6, 6.07) is 43.9. The minimum atomic E-state index is 0. The lowest BCUT2D eigenvalue weighted by Gasteiger charge is -2.29. The Bertz CT molecular complexity index is 1790. The second-order valence-electron chi connectivity index (χ2n) is 15.6. The number of aryl methyl sites for hydroxylation is 3. The lowest BCUT2D eigenvalue weighted by Crippen LogP contribution is -2.36. The van der Waals surface area contributed by atoms with Gasteiger partial charge in [0.15, 0.2) is 0 Å². The van der Waals surface area contributed by atoms with Gasteiger partial charge in [-0.1, -0.05) is 130 Å². The molecule has 320 valence electrons. The second-order valence-corrected chi connectivity index (χ2v) is 15.6. The smallest absolute Gasteiger partial charge is 0.0294 e. The first kappa shape index (κ1) is 54.0. The van der Waals surface area contributed by atoms with E-state index in [0.29, 0.717) is 30.2 Å². The molecule has 3 aliphatic rings. The molecule has 3 aliphatic carbocycles. The number of rotatable bonds is 6. The Labute approximate surface area is 390 Å². The fraction of sp³-hybridized carbons (Fsp3) is 0.412. The molecule has 0 bridgehead atoms. The molecule has 7 heteroatoms. The van der Waals surface area contributed by atoms with E-state index in [1.165, 1.54) is 76.6 Å². The normalized spacial score (nSPS) is 18.0. The van der Waals surface area contributed by atoms with Crippen LogP contribution in [0.4, 0.5) is 0 Å². The van der Waals surface area contributed by atoms with Crippen molar-refractivity contribution in [3.63, 3.8) is 0 Å². The van der Waals surface area contributed by atoms with Crippen molar-refractivity contribution in [2.75, 3.05) is 0 Å². The summed E-state index contributed by atoms with van der Waals surface area (Å²) in [5.74, 6) is 0. The van der Waals surface area contributed by atoms with Crippen LogP contribution in [0.2, 0.25) is 0 Å². The van der Waals surface area contributed by atoms with Crippen LogP contribution in [0.15, 0.2) is 115 Å². The average Bonchev–Trinajstić information content (AvgIpc) is 3.20. The van der Waals surface area contributed by atoms with E-state index in [1.807, 2.05) is 0 Å². The summed E-state index contributed by atoms with van der Waals surface area (Å²) >= 11 is 4.24. The third-order valence-corrected chi connectivity index (χ3v) is 11.8. The van der Waals surface area contributed by atoms with E-state index in [0.717, 1.165) is 25.7 Å². The summed E-state index contributed by atoms with van der Waals surface area (Å²) in [7, 11) is 0. The molecule has 4 N–H and O–H groups in total. The first-order valence-electron chi connectivity index (χ1n) is 20.0. The Morgan fingerprint density at radius 1 is 0.500 bits per heavy atom. The molecule has 0 aliphatic heterocycles. The SMILES string of the molecule is C.C.Cc1cccc2c1CC[C@H](N)C2.Cc1cccc2c1CC[C@H](N[C@H](C)c1ccccc1)C2.Cc1cccc2c1CC[C@H](N[C@H](C)c1ccccc1)C2.Cl.Cl.II.[HH]. The molecule has 5 aromatic carbocycles. The van der Waals surface area contributed by atoms with Crippen LogP contribution in [-0.2, 0) is 38.5 Å². The summed E-state index contributed by atoms with van der Waals surface area (Å²) in [4.78, 5) is 0. The molecular formula is C51H73Cl2I2N3. The molecule has 58 heavy (non-hydrogen) atoms. The van der Waals surface area contributed by atoms with Gasteiger partial charge in [0.1, 0.15) is 0 Å². The fourth-order valence-corrected chi connectivity index (χ4v) is 8.69. The number of fused-ring (bicyclic) bond motifs is 3. The Morgan fingerprint density at radius 2 is 0.828 bits per heavy atom. The standard InChI is InChI=1S/2C19H23N.C11H15N.2CH4.2ClH.I2.H2/c2*1-14-7-6-10-17-13-18(11-12-19(14)17)20-15(2)16-8-4-3-5-9-16;1-8-3-2-4-9-7-10(12)5-6-11(8)9;;;;;1-2;/h2*3-10,15,18,20H,11-13H2,1-2H3;2-4,10H,5-7,12H2,1H3;2*1H4;2*1H;;1H/t2*15-,18+;10-;;;;;;/m110....../s1. The number of hydrogen-bond donors (Lipinski definition) is 3. The first-order valence-corrected chi connectivity index (χ1v) is 26.3. The van der Waals surface area contributed by atoms with Crippen LogP contribution in [0.5, 0.6) is 0 Å². The minimum Gasteiger partial charge on any atom is -0.327 e. The van der Waals surface area contributed by atoms with Gasteiger partial charge >= 0.3 is 0 Å². The van der Waals surface area contributed by atoms with Crippen molar-refractivity contribution in [2.45, 2.75) is 137 Å². The molecule has 5 aromatic rings. The summed E-state index contributed by atoms with van der Waals surface area (Å²) in [5.41, 5.74) is 22.2. The van der Waals surface area contributed by atoms with Crippen molar-refractivity contribution in [3.05, 3.63) is 176 Å². The second kappa shape index (κ2) is 27.8. The van der Waals surface area contributed by atoms with Gasteiger partial charge in [-0.05, 0) is 154 Å². The lowest BCUT2D eigenvalue weighted by atomic mass is 9.85. The average molecular weight is 1050 g/mol. The van der Waals surface area contributed by atoms with Gasteiger partial charge in [0.05, 0.1) is 0 Å². The maximum atomic E-state index is 5.90. The third-order valence-electron chi connectivity index (χ3n) is 11.8. The molecule has 5 atom stereocenters. The Morgan fingerprint density at radius 3 is 1.19 bits per heavy atom. The van der Waals surface area contributed by atoms with E-state index in [2.05, 4.69) is 198 Å². The maximum absolute atomic E-state index is 5.90. The van der Waals surface area contributed by atoms with Crippen molar-refractivity contribution in [3.8, 4) is 0 Å². The predicted molar refractivity (Wildman–Crippen MR) is 279 cm³/mol. The molecule has 0 fully saturated rings. The lowest BCUT2D eigenvalue weighted by molar-refractivity contribution is 0.413. The van der Waals surface area contributed by atoms with Crippen LogP contribution < -0.4 is 16.4 Å². The van der Waals surface area contributed by atoms with Gasteiger partial charge in [0.25, 0.3) is 0 Å². The van der Waals surface area contributed by atoms with Crippen molar-refractivity contribution in [1.29, 1.82) is 0 Å². The van der Waals surface area contributed by atoms with E-state index in [4.69, 9.17) is 5.73 Å². The molecular weight excluding hydrogens is 979 g/mol. The fourth-order valence-electron chi connectivity index (χ4n) is 8.69. The van der Waals surface area contributed by atoms with Crippen molar-refractivity contribution in [2.24, 2.45) is 5.73 Å². The maximum Gasteiger partial charge on any atom is 0.0294 e. The van der Waals surface area contributed by atoms with Crippen LogP contribution in [0.3, 0.4) is 0 Å². The van der Waals surface area contributed by atoms with Crippen molar-refractivity contribution < 1.29 is 1.43 Å². The quantitative estimate of drug-likeness (QED) is 0.149. The summed E-state index contributed by atoms with van der Waals surface area (Å²) in [5, 5.41) is 7.59. The molecule has 0 heterocycles. The number of nitrogens with two attached hydrogens (primary N) is 1. The number of hydrogen-bond acceptors (Lipinski definition) is 3. The van der Waals surface area contributed by atoms with Crippen LogP contribution in [0, 0.1) is 20.8 Å². The number of benzene rings is 5. The van der Waals surface area contributed by atoms with Crippen LogP contribution in [0.1, 0.15) is 123 Å². The predicted octanol–water partition coefficient (Wildman–Crippen LogP) is 14.4. The number of nitrogens with one attached hydrogen (secondary N) is 2. The van der Waals surface area contributed by atoms with Gasteiger partial charge in [-0.2, -0.15) is 0 Å². The molecule has 8 rings (SSSR count). The molecule has 0 aromatic heterocycles. The monoisotopic (exact) mass is 1050 g/mol. The Kier molecular flexibility index (Phi) is 25.9. The van der Waals surface area contributed by atoms with Crippen LogP contribution in [-0.4, -0.2) is 18.1 Å². The molecule has 0 radical (unpaired) electrons. The highest BCUT2D eigenvalue weighted by atomic mass is 128. The zero-order chi connectivity index (χ0) is 38.5. The van der Waals surface area contributed by atoms with E-state index in [9.17, 15) is 0 Å². The number of halogens is 4. The van der Waals surface area contributed by atoms with Gasteiger partial charge in [0, 0.05) is 68.9 Å². The largest absolute Gasteiger partial charge is 0.327 e. The topological polar surface area (TPSA) is 50.1 Å². The molecule has 0 saturated carbocycles. The van der Waals surface area contributed by atoms with Crippen molar-refractivity contribution >= 4 is 62.0 Å². The highest BCUT2D eigenvalue weighted by molar-refractivity contribution is 15.0. The summed E-state index contributed by atoms with van der Waals surface area (Å²) in [6.45, 7) is 11.2. The van der Waals surface area contributed by atoms with Crippen LogP contribution in [0.25, 0.3) is 0 Å². The molecule has 0 amide bonds. The summed E-state index contributed by atoms with van der Waals surface area (Å²) in [6.07, 6.45) is 10.6.